The van der Waals surface area contributed by atoms with Gasteiger partial charge in [-0.1, -0.05) is 17.7 Å². The van der Waals surface area contributed by atoms with Crippen LogP contribution in [0.5, 0.6) is 0 Å². The number of carbonyl (C=O) groups is 1. The number of anilines is 1. The molecule has 4 aromatic rings. The van der Waals surface area contributed by atoms with Gasteiger partial charge in [-0.25, -0.2) is 17.8 Å². The lowest BCUT2D eigenvalue weighted by atomic mass is 9.80. The molecule has 5 rings (SSSR count). The number of nitrogens with one attached hydrogen (secondary N) is 1. The molecule has 196 valence electrons. The fourth-order valence-corrected chi connectivity index (χ4v) is 6.08. The Morgan fingerprint density at radius 3 is 2.61 bits per heavy atom. The van der Waals surface area contributed by atoms with Crippen LogP contribution in [0.15, 0.2) is 64.7 Å². The fraction of sp³-hybridized carbons (Fsp3) is 0.231. The Kier molecular flexibility index (Phi) is 6.66. The van der Waals surface area contributed by atoms with Crippen molar-refractivity contribution in [1.29, 1.82) is 0 Å². The van der Waals surface area contributed by atoms with Gasteiger partial charge in [-0.15, -0.1) is 0 Å². The molecule has 0 spiro atoms. The number of hydrogen-bond donors (Lipinski definition) is 1. The van der Waals surface area contributed by atoms with Crippen molar-refractivity contribution in [1.82, 2.24) is 14.5 Å². The first kappa shape index (κ1) is 25.8. The molecule has 0 radical (unpaired) electrons. The number of sulfonamides is 1. The van der Waals surface area contributed by atoms with Gasteiger partial charge in [0.25, 0.3) is 15.6 Å². The van der Waals surface area contributed by atoms with Gasteiger partial charge in [0.15, 0.2) is 0 Å². The zero-order chi connectivity index (χ0) is 27.2. The predicted molar refractivity (Wildman–Crippen MR) is 140 cm³/mol. The SMILES string of the molecule is COC(=O)C1CC(n2cnc3ccc(-c4cnc(C)c(NS(=O)(=O)c5ccc(F)cc5Cl)c4)cc3c2=O)C1. The number of halogens is 2. The Labute approximate surface area is 222 Å². The molecule has 2 aromatic heterocycles. The van der Waals surface area contributed by atoms with Crippen LogP contribution in [0.25, 0.3) is 22.0 Å². The van der Waals surface area contributed by atoms with Gasteiger partial charge < -0.3 is 4.74 Å². The summed E-state index contributed by atoms with van der Waals surface area (Å²) >= 11 is 5.96. The summed E-state index contributed by atoms with van der Waals surface area (Å²) in [4.78, 5) is 33.4. The topological polar surface area (TPSA) is 120 Å². The third kappa shape index (κ3) is 4.74. The van der Waals surface area contributed by atoms with Gasteiger partial charge in [0, 0.05) is 17.8 Å². The smallest absolute Gasteiger partial charge is 0.308 e. The minimum Gasteiger partial charge on any atom is -0.469 e. The number of methoxy groups -OCH3 is 1. The van der Waals surface area contributed by atoms with Gasteiger partial charge >= 0.3 is 5.97 Å². The van der Waals surface area contributed by atoms with E-state index in [2.05, 4.69) is 14.7 Å². The van der Waals surface area contributed by atoms with Gasteiger partial charge in [0.1, 0.15) is 10.7 Å². The molecule has 1 aliphatic carbocycles. The molecule has 0 aliphatic heterocycles. The minimum absolute atomic E-state index is 0.146. The largest absolute Gasteiger partial charge is 0.469 e. The standard InChI is InChI=1S/C26H22ClFN4O5S/c1-14-23(31-38(35,36)24-6-4-18(28)11-21(24)27)10-17(12-29-14)15-3-5-22-20(9-15)25(33)32(13-30-22)19-7-16(8-19)26(34)37-2/h3-6,9-13,16,19,31H,7-8H2,1-2H3. The number of carbonyl (C=O) groups excluding carboxylic acids is 1. The number of hydrogen-bond acceptors (Lipinski definition) is 7. The van der Waals surface area contributed by atoms with Gasteiger partial charge in [0.2, 0.25) is 0 Å². The van der Waals surface area contributed by atoms with Crippen molar-refractivity contribution >= 4 is 44.2 Å². The molecule has 1 saturated carbocycles. The summed E-state index contributed by atoms with van der Waals surface area (Å²) in [6.45, 7) is 1.64. The van der Waals surface area contributed by atoms with E-state index < -0.39 is 15.8 Å². The number of ether oxygens (including phenoxy) is 1. The first-order chi connectivity index (χ1) is 18.1. The lowest BCUT2D eigenvalue weighted by Gasteiger charge is -2.34. The van der Waals surface area contributed by atoms with E-state index in [0.717, 1.165) is 18.2 Å². The van der Waals surface area contributed by atoms with E-state index in [1.54, 1.807) is 37.4 Å². The van der Waals surface area contributed by atoms with Crippen molar-refractivity contribution in [3.05, 3.63) is 81.9 Å². The van der Waals surface area contributed by atoms with Crippen LogP contribution in [0.3, 0.4) is 0 Å². The molecule has 0 amide bonds. The monoisotopic (exact) mass is 556 g/mol. The Hall–Kier alpha value is -3.83. The highest BCUT2D eigenvalue weighted by atomic mass is 35.5. The molecule has 38 heavy (non-hydrogen) atoms. The second-order valence-electron chi connectivity index (χ2n) is 9.07. The zero-order valence-electron chi connectivity index (χ0n) is 20.3. The summed E-state index contributed by atoms with van der Waals surface area (Å²) in [6.07, 6.45) is 4.07. The number of pyridine rings is 1. The molecule has 9 nitrogen and oxygen atoms in total. The van der Waals surface area contributed by atoms with Crippen molar-refractivity contribution in [2.75, 3.05) is 11.8 Å². The van der Waals surface area contributed by atoms with Gasteiger partial charge in [0.05, 0.1) is 46.7 Å². The Morgan fingerprint density at radius 1 is 1.13 bits per heavy atom. The van der Waals surface area contributed by atoms with Crippen LogP contribution in [-0.2, 0) is 19.6 Å². The second-order valence-corrected chi connectivity index (χ2v) is 11.1. The van der Waals surface area contributed by atoms with E-state index in [1.807, 2.05) is 0 Å². The highest BCUT2D eigenvalue weighted by molar-refractivity contribution is 7.92. The molecule has 2 heterocycles. The third-order valence-corrected chi connectivity index (χ3v) is 8.52. The lowest BCUT2D eigenvalue weighted by Crippen LogP contribution is -2.37. The van der Waals surface area contributed by atoms with Gasteiger partial charge in [-0.3, -0.25) is 23.9 Å². The molecule has 0 bridgehead atoms. The summed E-state index contributed by atoms with van der Waals surface area (Å²) < 4.78 is 48.1. The molecule has 2 aromatic carbocycles. The van der Waals surface area contributed by atoms with E-state index in [1.165, 1.54) is 18.0 Å². The number of aryl methyl sites for hydroxylation is 1. The maximum atomic E-state index is 13.4. The zero-order valence-corrected chi connectivity index (χ0v) is 21.9. The Balaban J connectivity index is 1.47. The number of rotatable bonds is 6. The maximum Gasteiger partial charge on any atom is 0.308 e. The van der Waals surface area contributed by atoms with Crippen LogP contribution in [0.2, 0.25) is 5.02 Å². The highest BCUT2D eigenvalue weighted by Gasteiger charge is 2.37. The molecule has 0 atom stereocenters. The van der Waals surface area contributed by atoms with Crippen LogP contribution in [0.1, 0.15) is 24.6 Å². The molecule has 1 N–H and O–H groups in total. The molecule has 1 aliphatic rings. The summed E-state index contributed by atoms with van der Waals surface area (Å²) in [5.74, 6) is -1.17. The summed E-state index contributed by atoms with van der Waals surface area (Å²) in [5.41, 5.74) is 2.07. The number of esters is 1. The van der Waals surface area contributed by atoms with Gasteiger partial charge in [-0.05, 0) is 61.7 Å². The van der Waals surface area contributed by atoms with E-state index in [0.29, 0.717) is 40.6 Å². The third-order valence-electron chi connectivity index (χ3n) is 6.67. The summed E-state index contributed by atoms with van der Waals surface area (Å²) in [6, 6.07) is 9.62. The van der Waals surface area contributed by atoms with Crippen LogP contribution < -0.4 is 10.3 Å². The number of fused-ring (bicyclic) bond motifs is 1. The van der Waals surface area contributed by atoms with Gasteiger partial charge in [-0.2, -0.15) is 0 Å². The predicted octanol–water partition coefficient (Wildman–Crippen LogP) is 4.48. The van der Waals surface area contributed by atoms with E-state index in [-0.39, 0.29) is 39.1 Å². The summed E-state index contributed by atoms with van der Waals surface area (Å²) in [5, 5.41) is 0.134. The molecule has 0 saturated heterocycles. The average molecular weight is 557 g/mol. The Bertz CT molecular complexity index is 1750. The number of nitrogens with zero attached hydrogens (tertiary/aromatic N) is 3. The highest BCUT2D eigenvalue weighted by Crippen LogP contribution is 2.38. The lowest BCUT2D eigenvalue weighted by molar-refractivity contribution is -0.149. The van der Waals surface area contributed by atoms with Crippen LogP contribution in [0, 0.1) is 18.7 Å². The molecule has 0 unspecified atom stereocenters. The average Bonchev–Trinajstić information content (AvgIpc) is 2.85. The van der Waals surface area contributed by atoms with E-state index >= 15 is 0 Å². The van der Waals surface area contributed by atoms with E-state index in [4.69, 9.17) is 16.3 Å². The second kappa shape index (κ2) is 9.80. The van der Waals surface area contributed by atoms with Crippen LogP contribution in [-0.4, -0.2) is 36.0 Å². The van der Waals surface area contributed by atoms with Crippen molar-refractivity contribution in [3.63, 3.8) is 0 Å². The Morgan fingerprint density at radius 2 is 1.89 bits per heavy atom. The molecule has 1 fully saturated rings. The first-order valence-electron chi connectivity index (χ1n) is 11.6. The maximum absolute atomic E-state index is 13.4. The molecular weight excluding hydrogens is 535 g/mol. The number of aromatic nitrogens is 3. The fourth-order valence-electron chi connectivity index (χ4n) is 4.44. The molecule has 12 heteroatoms. The van der Waals surface area contributed by atoms with Crippen molar-refractivity contribution in [2.45, 2.75) is 30.7 Å². The van der Waals surface area contributed by atoms with E-state index in [9.17, 15) is 22.4 Å². The molecular formula is C26H22ClFN4O5S. The normalized spacial score (nSPS) is 17.2. The van der Waals surface area contributed by atoms with Crippen molar-refractivity contribution in [3.8, 4) is 11.1 Å². The quantitative estimate of drug-likeness (QED) is 0.347. The summed E-state index contributed by atoms with van der Waals surface area (Å²) in [7, 11) is -2.79. The van der Waals surface area contributed by atoms with Crippen molar-refractivity contribution in [2.24, 2.45) is 5.92 Å². The van der Waals surface area contributed by atoms with Crippen molar-refractivity contribution < 1.29 is 22.3 Å². The first-order valence-corrected chi connectivity index (χ1v) is 13.5. The number of benzene rings is 2. The van der Waals surface area contributed by atoms with Crippen LogP contribution in [0.4, 0.5) is 10.1 Å². The minimum atomic E-state index is -4.13. The van der Waals surface area contributed by atoms with Crippen LogP contribution >= 0.6 is 11.6 Å².